The van der Waals surface area contributed by atoms with Crippen LogP contribution in [0, 0.1) is 11.3 Å². The van der Waals surface area contributed by atoms with E-state index in [4.69, 9.17) is 32.1 Å². The molecule has 0 saturated carbocycles. The number of pyridine rings is 2. The number of nitrogens with two attached hydrogens (primary N) is 3. The Morgan fingerprint density at radius 1 is 0.776 bits per heavy atom. The van der Waals surface area contributed by atoms with Crippen molar-refractivity contribution in [2.75, 3.05) is 31.9 Å². The SMILES string of the molecule is CC(C)(C)OC(=O)N1CCC(n2cc(-c3cnc(Cl)c(C#N)c3)cn2)CC1.CC(C)(C)OC(=O)N1CCC(n2cc(-c3cnc4n[nH]c(N)c4c3)cn2)CC1.NN.O. The first kappa shape index (κ1) is 44.9. The van der Waals surface area contributed by atoms with Gasteiger partial charge in [0.15, 0.2) is 5.65 Å². The number of nitrogens with zero attached hydrogens (tertiary/aromatic N) is 10. The minimum Gasteiger partial charge on any atom is -0.444 e. The highest BCUT2D eigenvalue weighted by Crippen LogP contribution is 2.30. The van der Waals surface area contributed by atoms with Gasteiger partial charge < -0.3 is 30.5 Å². The van der Waals surface area contributed by atoms with Gasteiger partial charge in [-0.05, 0) is 79.4 Å². The molecule has 0 bridgehead atoms. The zero-order valence-corrected chi connectivity index (χ0v) is 34.4. The summed E-state index contributed by atoms with van der Waals surface area (Å²) < 4.78 is 14.8. The molecule has 0 spiro atoms. The number of hydrazine groups is 1. The van der Waals surface area contributed by atoms with Gasteiger partial charge in [-0.25, -0.2) is 19.6 Å². The van der Waals surface area contributed by atoms with Gasteiger partial charge in [0.1, 0.15) is 28.2 Å². The number of amides is 2. The predicted molar refractivity (Wildman–Crippen MR) is 219 cm³/mol. The third-order valence-electron chi connectivity index (χ3n) is 9.25. The summed E-state index contributed by atoms with van der Waals surface area (Å²) in [7, 11) is 0. The molecule has 19 nitrogen and oxygen atoms in total. The van der Waals surface area contributed by atoms with Gasteiger partial charge in [-0.1, -0.05) is 11.6 Å². The lowest BCUT2D eigenvalue weighted by Crippen LogP contribution is -2.42. The molecule has 0 atom stereocenters. The minimum absolute atomic E-state index is 0. The molecule has 58 heavy (non-hydrogen) atoms. The number of likely N-dealkylation sites (tertiary alicyclic amines) is 2. The summed E-state index contributed by atoms with van der Waals surface area (Å²) in [5.74, 6) is 8.51. The number of hydrogen-bond donors (Lipinski definition) is 4. The lowest BCUT2D eigenvalue weighted by Gasteiger charge is -2.33. The highest BCUT2D eigenvalue weighted by atomic mass is 35.5. The first-order chi connectivity index (χ1) is 27.1. The smallest absolute Gasteiger partial charge is 0.410 e. The van der Waals surface area contributed by atoms with Gasteiger partial charge in [-0.15, -0.1) is 0 Å². The Bertz CT molecular complexity index is 2180. The zero-order chi connectivity index (χ0) is 41.5. The number of nitrogen functional groups attached to an aromatic ring is 1. The summed E-state index contributed by atoms with van der Waals surface area (Å²) in [4.78, 5) is 36.3. The highest BCUT2D eigenvalue weighted by molar-refractivity contribution is 6.30. The molecule has 2 amide bonds. The molecule has 7 rings (SSSR count). The molecule has 5 aromatic rings. The van der Waals surface area contributed by atoms with Crippen molar-refractivity contribution in [3.63, 3.8) is 0 Å². The highest BCUT2D eigenvalue weighted by Gasteiger charge is 2.29. The van der Waals surface area contributed by atoms with Crippen molar-refractivity contribution >= 4 is 40.6 Å². The van der Waals surface area contributed by atoms with Crippen LogP contribution in [0.3, 0.4) is 0 Å². The van der Waals surface area contributed by atoms with Gasteiger partial charge in [0.2, 0.25) is 0 Å². The number of nitrogens with one attached hydrogen (secondary N) is 1. The molecule has 5 aromatic heterocycles. The van der Waals surface area contributed by atoms with Crippen molar-refractivity contribution in [3.8, 4) is 28.3 Å². The van der Waals surface area contributed by atoms with Gasteiger partial charge in [0.05, 0.1) is 35.4 Å². The van der Waals surface area contributed by atoms with Crippen molar-refractivity contribution in [2.45, 2.75) is 90.5 Å². The number of aromatic amines is 1. The third-order valence-corrected chi connectivity index (χ3v) is 9.55. The van der Waals surface area contributed by atoms with Gasteiger partial charge in [-0.3, -0.25) is 26.1 Å². The molecule has 2 aliphatic rings. The number of hydrogen-bond acceptors (Lipinski definition) is 13. The van der Waals surface area contributed by atoms with Gasteiger partial charge >= 0.3 is 12.2 Å². The monoisotopic (exact) mass is 820 g/mol. The third kappa shape index (κ3) is 11.4. The largest absolute Gasteiger partial charge is 0.444 e. The summed E-state index contributed by atoms with van der Waals surface area (Å²) in [5, 5.41) is 25.9. The fourth-order valence-corrected chi connectivity index (χ4v) is 6.56. The Balaban J connectivity index is 0.000000242. The lowest BCUT2D eigenvalue weighted by molar-refractivity contribution is 0.0174. The average Bonchev–Trinajstić information content (AvgIpc) is 3.96. The fourth-order valence-electron chi connectivity index (χ4n) is 6.41. The number of carbonyl (C=O) groups excluding carboxylic acids is 2. The van der Waals surface area contributed by atoms with Crippen LogP contribution in [-0.2, 0) is 9.47 Å². The number of piperidine rings is 2. The van der Waals surface area contributed by atoms with Gasteiger partial charge in [-0.2, -0.15) is 20.6 Å². The van der Waals surface area contributed by atoms with Gasteiger partial charge in [0.25, 0.3) is 0 Å². The number of anilines is 1. The van der Waals surface area contributed by atoms with E-state index in [0.29, 0.717) is 43.2 Å². The van der Waals surface area contributed by atoms with Crippen LogP contribution < -0.4 is 17.4 Å². The molecule has 2 aliphatic heterocycles. The number of ether oxygens (including phenoxy) is 2. The second-order valence-electron chi connectivity index (χ2n) is 15.7. The standard InChI is InChI=1S/C19H22ClN5O2.C19H25N7O2.H4N2.H2O/c1-19(2,3)27-18(26)24-6-4-16(5-7-24)25-12-15(11-23-25)14-8-13(9-21)17(20)22-10-14;1-19(2,3)28-18(27)25-6-4-14(5-7-25)26-11-13(10-22-26)12-8-15-16(20)23-24-17(15)21-9-12;1-2;/h8,10-12,16H,4-7H2,1-3H3;8-11,14H,4-7H2,1-3H3,(H3,20,21,23,24);1-2H2;1H2. The van der Waals surface area contributed by atoms with Crippen LogP contribution in [-0.4, -0.2) is 105 Å². The summed E-state index contributed by atoms with van der Waals surface area (Å²) >= 11 is 5.89. The van der Waals surface area contributed by atoms with Crippen molar-refractivity contribution in [2.24, 2.45) is 11.7 Å². The van der Waals surface area contributed by atoms with Crippen molar-refractivity contribution in [1.29, 1.82) is 5.26 Å². The van der Waals surface area contributed by atoms with E-state index in [2.05, 4.69) is 42.0 Å². The molecule has 0 aromatic carbocycles. The number of aromatic nitrogens is 8. The van der Waals surface area contributed by atoms with Crippen LogP contribution in [0.1, 0.15) is 84.9 Å². The van der Waals surface area contributed by atoms with Crippen LogP contribution in [0.4, 0.5) is 15.4 Å². The Morgan fingerprint density at radius 3 is 1.67 bits per heavy atom. The van der Waals surface area contributed by atoms with E-state index in [-0.39, 0.29) is 34.9 Å². The molecule has 0 radical (unpaired) electrons. The Morgan fingerprint density at radius 2 is 1.22 bits per heavy atom. The number of carbonyl (C=O) groups is 2. The van der Waals surface area contributed by atoms with Crippen LogP contribution in [0.2, 0.25) is 5.15 Å². The molecule has 312 valence electrons. The number of H-pyrrole nitrogens is 1. The minimum atomic E-state index is -0.486. The number of nitriles is 1. The van der Waals surface area contributed by atoms with Crippen molar-refractivity contribution in [3.05, 3.63) is 60.0 Å². The molecule has 20 heteroatoms. The van der Waals surface area contributed by atoms with E-state index < -0.39 is 11.2 Å². The molecular weight excluding hydrogens is 768 g/mol. The van der Waals surface area contributed by atoms with Crippen molar-refractivity contribution < 1.29 is 24.5 Å². The molecule has 7 heterocycles. The molecule has 0 unspecified atom stereocenters. The second kappa shape index (κ2) is 19.1. The van der Waals surface area contributed by atoms with Crippen LogP contribution in [0.25, 0.3) is 33.3 Å². The van der Waals surface area contributed by atoms with Gasteiger partial charge in [0, 0.05) is 73.2 Å². The fraction of sp³-hybridized carbons (Fsp3) is 0.474. The molecule has 2 saturated heterocycles. The topological polar surface area (TPSA) is 283 Å². The maximum atomic E-state index is 12.2. The number of rotatable bonds is 4. The number of halogens is 1. The molecule has 9 N–H and O–H groups in total. The molecular formula is C38H53ClN14O5. The van der Waals surface area contributed by atoms with E-state index in [1.54, 1.807) is 34.5 Å². The first-order valence-electron chi connectivity index (χ1n) is 18.6. The summed E-state index contributed by atoms with van der Waals surface area (Å²) in [6, 6.07) is 6.18. The van der Waals surface area contributed by atoms with E-state index in [0.717, 1.165) is 53.3 Å². The van der Waals surface area contributed by atoms with Crippen LogP contribution in [0.15, 0.2) is 49.3 Å². The van der Waals surface area contributed by atoms with Crippen LogP contribution >= 0.6 is 11.6 Å². The van der Waals surface area contributed by atoms with E-state index in [1.807, 2.05) is 81.6 Å². The van der Waals surface area contributed by atoms with E-state index in [9.17, 15) is 9.59 Å². The first-order valence-corrected chi connectivity index (χ1v) is 19.0. The quantitative estimate of drug-likeness (QED) is 0.105. The predicted octanol–water partition coefficient (Wildman–Crippen LogP) is 5.01. The summed E-state index contributed by atoms with van der Waals surface area (Å²) in [5.41, 5.74) is 9.48. The Labute approximate surface area is 341 Å². The van der Waals surface area contributed by atoms with Crippen LogP contribution in [0.5, 0.6) is 0 Å². The number of fused-ring (bicyclic) bond motifs is 1. The molecule has 0 aliphatic carbocycles. The normalized spacial score (nSPS) is 15.0. The lowest BCUT2D eigenvalue weighted by atomic mass is 10.1. The average molecular weight is 821 g/mol. The summed E-state index contributed by atoms with van der Waals surface area (Å²) in [6.45, 7) is 13.8. The zero-order valence-electron chi connectivity index (χ0n) is 33.6. The Kier molecular flexibility index (Phi) is 14.8. The van der Waals surface area contributed by atoms with E-state index >= 15 is 0 Å². The van der Waals surface area contributed by atoms with E-state index in [1.165, 1.54) is 0 Å². The maximum absolute atomic E-state index is 12.2. The second-order valence-corrected chi connectivity index (χ2v) is 16.1. The Hall–Kier alpha value is -5.81. The van der Waals surface area contributed by atoms with Crippen molar-refractivity contribution in [1.82, 2.24) is 49.5 Å². The maximum Gasteiger partial charge on any atom is 0.410 e. The molecule has 2 fully saturated rings. The summed E-state index contributed by atoms with van der Waals surface area (Å²) in [6.07, 6.45) is 13.7.